The molecule has 1 saturated carbocycles. The molecule has 2 fully saturated rings. The molecule has 1 aromatic heterocycles. The monoisotopic (exact) mass is 475 g/mol. The Bertz CT molecular complexity index is 1090. The molecule has 0 radical (unpaired) electrons. The lowest BCUT2D eigenvalue weighted by molar-refractivity contribution is -0.163. The van der Waals surface area contributed by atoms with Gasteiger partial charge in [-0.1, -0.05) is 18.2 Å². The highest BCUT2D eigenvalue weighted by molar-refractivity contribution is 5.86. The molecule has 3 heterocycles. The van der Waals surface area contributed by atoms with Gasteiger partial charge < -0.3 is 10.1 Å². The molecule has 1 N–H and O–H groups in total. The van der Waals surface area contributed by atoms with Crippen LogP contribution >= 0.6 is 0 Å². The zero-order chi connectivity index (χ0) is 24.0. The van der Waals surface area contributed by atoms with Crippen molar-refractivity contribution in [1.82, 2.24) is 20.0 Å². The summed E-state index contributed by atoms with van der Waals surface area (Å²) in [7, 11) is 0. The number of nitrogens with one attached hydrogen (secondary N) is 1. The van der Waals surface area contributed by atoms with E-state index in [1.54, 1.807) is 18.9 Å². The Morgan fingerprint density at radius 1 is 1.15 bits per heavy atom. The van der Waals surface area contributed by atoms with E-state index >= 15 is 0 Å². The highest BCUT2D eigenvalue weighted by Crippen LogP contribution is 2.47. The summed E-state index contributed by atoms with van der Waals surface area (Å²) in [6.45, 7) is 6.12. The number of aromatic nitrogens is 2. The number of fused-ring (bicyclic) bond motifs is 1. The van der Waals surface area contributed by atoms with Crippen LogP contribution in [0, 0.1) is 18.7 Å². The molecule has 1 saturated heterocycles. The Labute approximate surface area is 196 Å². The molecule has 1 amide bonds. The minimum absolute atomic E-state index is 0.0460. The number of carbonyl (C=O) groups is 1. The normalized spacial score (nSPS) is 22.1. The minimum atomic E-state index is -2.89. The number of hydrogen-bond donors (Lipinski definition) is 1. The molecule has 10 heteroatoms. The van der Waals surface area contributed by atoms with Crippen molar-refractivity contribution in [3.8, 4) is 0 Å². The Kier molecular flexibility index (Phi) is 6.20. The van der Waals surface area contributed by atoms with Crippen molar-refractivity contribution in [2.24, 2.45) is 5.92 Å². The maximum Gasteiger partial charge on any atom is 0.266 e. The highest BCUT2D eigenvalue weighted by atomic mass is 19.3. The molecule has 1 aromatic carbocycles. The van der Waals surface area contributed by atoms with E-state index in [2.05, 4.69) is 15.3 Å². The molecule has 34 heavy (non-hydrogen) atoms. The van der Waals surface area contributed by atoms with E-state index in [9.17, 15) is 18.0 Å². The fraction of sp³-hybridized carbons (Fsp3) is 0.542. The van der Waals surface area contributed by atoms with Crippen molar-refractivity contribution in [2.75, 3.05) is 31.6 Å². The van der Waals surface area contributed by atoms with E-state index in [4.69, 9.17) is 4.74 Å². The van der Waals surface area contributed by atoms with E-state index in [-0.39, 0.29) is 23.3 Å². The van der Waals surface area contributed by atoms with Gasteiger partial charge in [-0.3, -0.25) is 9.80 Å². The van der Waals surface area contributed by atoms with Crippen LogP contribution < -0.4 is 5.32 Å². The number of alkyl halides is 2. The summed E-state index contributed by atoms with van der Waals surface area (Å²) in [4.78, 5) is 22.8. The lowest BCUT2D eigenvalue weighted by Gasteiger charge is -2.42. The maximum atomic E-state index is 14.8. The molecule has 0 spiro atoms. The first-order chi connectivity index (χ1) is 16.3. The molecule has 182 valence electrons. The van der Waals surface area contributed by atoms with Crippen LogP contribution in [0.2, 0.25) is 0 Å². The van der Waals surface area contributed by atoms with Gasteiger partial charge in [-0.15, -0.1) is 0 Å². The predicted molar refractivity (Wildman–Crippen MR) is 119 cm³/mol. The molecule has 2 aliphatic heterocycles. The summed E-state index contributed by atoms with van der Waals surface area (Å²) in [6.07, 6.45) is -0.949. The lowest BCUT2D eigenvalue weighted by atomic mass is 9.90. The van der Waals surface area contributed by atoms with Gasteiger partial charge in [-0.2, -0.15) is 0 Å². The second-order valence-electron chi connectivity index (χ2n) is 9.18. The molecular weight excluding hydrogens is 447 g/mol. The molecular formula is C24H28F3N5O2. The Morgan fingerprint density at radius 2 is 1.85 bits per heavy atom. The van der Waals surface area contributed by atoms with Crippen LogP contribution in [0.25, 0.3) is 0 Å². The Morgan fingerprint density at radius 3 is 2.53 bits per heavy atom. The molecule has 1 aliphatic carbocycles. The second kappa shape index (κ2) is 9.14. The largest absolute Gasteiger partial charge is 0.379 e. The van der Waals surface area contributed by atoms with Gasteiger partial charge >= 0.3 is 0 Å². The van der Waals surface area contributed by atoms with E-state index in [1.807, 2.05) is 5.01 Å². The van der Waals surface area contributed by atoms with Gasteiger partial charge in [0.2, 0.25) is 5.91 Å². The van der Waals surface area contributed by atoms with Crippen LogP contribution in [0.1, 0.15) is 66.4 Å². The second-order valence-corrected chi connectivity index (χ2v) is 9.18. The van der Waals surface area contributed by atoms with Crippen molar-refractivity contribution >= 4 is 11.7 Å². The molecule has 7 nitrogen and oxygen atoms in total. The van der Waals surface area contributed by atoms with Gasteiger partial charge in [0.25, 0.3) is 6.43 Å². The van der Waals surface area contributed by atoms with Crippen LogP contribution in [0.5, 0.6) is 0 Å². The lowest BCUT2D eigenvalue weighted by Crippen LogP contribution is -2.54. The Hall–Kier alpha value is -2.72. The number of nitrogens with zero attached hydrogens (tertiary/aromatic N) is 4. The number of hydrazine groups is 1. The number of anilines is 1. The summed E-state index contributed by atoms with van der Waals surface area (Å²) in [5, 5.41) is 7.03. The molecule has 5 rings (SSSR count). The fourth-order valence-electron chi connectivity index (χ4n) is 4.90. The molecule has 0 bridgehead atoms. The number of ether oxygens (including phenoxy) is 1. The van der Waals surface area contributed by atoms with Crippen molar-refractivity contribution in [2.45, 2.75) is 51.6 Å². The number of hydrogen-bond acceptors (Lipinski definition) is 6. The minimum Gasteiger partial charge on any atom is -0.379 e. The predicted octanol–water partition coefficient (Wildman–Crippen LogP) is 4.12. The smallest absolute Gasteiger partial charge is 0.266 e. The maximum absolute atomic E-state index is 14.8. The quantitative estimate of drug-likeness (QED) is 0.678. The average molecular weight is 476 g/mol. The molecule has 2 aromatic rings. The number of amides is 1. The number of halogens is 3. The number of morpholine rings is 1. The number of rotatable bonds is 6. The number of benzene rings is 1. The average Bonchev–Trinajstić information content (AvgIpc) is 3.64. The van der Waals surface area contributed by atoms with Crippen molar-refractivity contribution in [3.63, 3.8) is 0 Å². The van der Waals surface area contributed by atoms with E-state index < -0.39 is 23.8 Å². The van der Waals surface area contributed by atoms with Gasteiger partial charge in [0.05, 0.1) is 43.0 Å². The summed E-state index contributed by atoms with van der Waals surface area (Å²) in [5.74, 6) is 0.0440. The third kappa shape index (κ3) is 4.24. The zero-order valence-corrected chi connectivity index (χ0v) is 19.2. The van der Waals surface area contributed by atoms with Gasteiger partial charge in [0.15, 0.2) is 0 Å². The summed E-state index contributed by atoms with van der Waals surface area (Å²) in [6, 6.07) is 3.40. The summed E-state index contributed by atoms with van der Waals surface area (Å²) in [5.41, 5.74) is 1.04. The number of carbonyl (C=O) groups excluding carboxylic acids is 1. The van der Waals surface area contributed by atoms with Gasteiger partial charge in [0, 0.05) is 24.2 Å². The van der Waals surface area contributed by atoms with Crippen molar-refractivity contribution in [3.05, 3.63) is 52.2 Å². The first-order valence-corrected chi connectivity index (χ1v) is 11.7. The van der Waals surface area contributed by atoms with Crippen molar-refractivity contribution < 1.29 is 22.7 Å². The SMILES string of the molecule is Cc1nc(N[C@H](C)c2cccc(C(F)F)c2F)c2c(n1)C(C1CC1)C(=O)N(N1CCOCC1)C2. The first kappa shape index (κ1) is 23.0. The third-order valence-corrected chi connectivity index (χ3v) is 6.81. The fourth-order valence-corrected chi connectivity index (χ4v) is 4.90. The van der Waals surface area contributed by atoms with E-state index in [0.29, 0.717) is 44.5 Å². The van der Waals surface area contributed by atoms with Crippen LogP contribution in [0.15, 0.2) is 18.2 Å². The standard InChI is InChI=1S/C24H28F3N5O2/c1-13(16-4-3-5-17(20(16)25)22(26)27)28-23-18-12-32(31-8-10-34-11-9-31)24(33)19(15-6-7-15)21(18)29-14(2)30-23/h3-5,13,15,19,22H,6-12H2,1-2H3,(H,28,29,30)/t13-,19?/m1/s1. The first-order valence-electron chi connectivity index (χ1n) is 11.7. The van der Waals surface area contributed by atoms with E-state index in [1.165, 1.54) is 12.1 Å². The molecule has 3 aliphatic rings. The molecule has 2 atom stereocenters. The van der Waals surface area contributed by atoms with Crippen LogP contribution in [0.4, 0.5) is 19.0 Å². The van der Waals surface area contributed by atoms with Gasteiger partial charge in [0.1, 0.15) is 17.5 Å². The van der Waals surface area contributed by atoms with E-state index in [0.717, 1.165) is 30.2 Å². The number of aryl methyl sites for hydroxylation is 1. The van der Waals surface area contributed by atoms with Crippen LogP contribution in [-0.4, -0.2) is 52.2 Å². The van der Waals surface area contributed by atoms with Crippen molar-refractivity contribution in [1.29, 1.82) is 0 Å². The topological polar surface area (TPSA) is 70.6 Å². The van der Waals surface area contributed by atoms with Gasteiger partial charge in [-0.25, -0.2) is 28.1 Å². The summed E-state index contributed by atoms with van der Waals surface area (Å²) >= 11 is 0. The summed E-state index contributed by atoms with van der Waals surface area (Å²) < 4.78 is 46.7. The van der Waals surface area contributed by atoms with Gasteiger partial charge in [-0.05, 0) is 32.6 Å². The third-order valence-electron chi connectivity index (χ3n) is 6.81. The van der Waals surface area contributed by atoms with Crippen LogP contribution in [-0.2, 0) is 16.1 Å². The highest BCUT2D eigenvalue weighted by Gasteiger charge is 2.47. The zero-order valence-electron chi connectivity index (χ0n) is 19.2. The Balaban J connectivity index is 1.51. The molecule has 1 unspecified atom stereocenters. The van der Waals surface area contributed by atoms with Crippen LogP contribution in [0.3, 0.4) is 0 Å².